The molecule has 2 saturated heterocycles. The Morgan fingerprint density at radius 2 is 1.89 bits per heavy atom. The lowest BCUT2D eigenvalue weighted by atomic mass is 10.1. The summed E-state index contributed by atoms with van der Waals surface area (Å²) in [4.78, 5) is 50.0. The highest BCUT2D eigenvalue weighted by Crippen LogP contribution is 2.34. The maximum Gasteiger partial charge on any atom is 0.412 e. The monoisotopic (exact) mass is 689 g/mol. The molecule has 5 heterocycles. The van der Waals surface area contributed by atoms with E-state index in [0.717, 1.165) is 41.4 Å². The van der Waals surface area contributed by atoms with Gasteiger partial charge in [-0.1, -0.05) is 0 Å². The second-order valence-electron chi connectivity index (χ2n) is 11.4. The number of hydrogen-bond acceptors (Lipinski definition) is 12. The normalized spacial score (nSPS) is 19.6. The number of rotatable bonds is 6. The molecule has 1 unspecified atom stereocenters. The van der Waals surface area contributed by atoms with E-state index in [0.29, 0.717) is 47.0 Å². The number of benzene rings is 1. The van der Waals surface area contributed by atoms with Crippen molar-refractivity contribution in [2.45, 2.75) is 29.6 Å². The number of nitrogens with one attached hydrogen (secondary N) is 2. The van der Waals surface area contributed by atoms with Gasteiger partial charge in [0.2, 0.25) is 5.91 Å². The van der Waals surface area contributed by atoms with Gasteiger partial charge in [-0.3, -0.25) is 20.3 Å². The number of hydrogen-bond donors (Lipinski definition) is 2. The van der Waals surface area contributed by atoms with Crippen molar-refractivity contribution >= 4 is 66.5 Å². The highest BCUT2D eigenvalue weighted by atomic mass is 32.2. The first-order chi connectivity index (χ1) is 22.0. The van der Waals surface area contributed by atoms with E-state index in [9.17, 15) is 22.8 Å². The first-order valence-corrected chi connectivity index (χ1v) is 17.9. The number of amidine groups is 1. The highest BCUT2D eigenvalue weighted by Gasteiger charge is 2.40. The van der Waals surface area contributed by atoms with Crippen molar-refractivity contribution in [2.75, 3.05) is 66.6 Å². The minimum Gasteiger partial charge on any atom is -0.453 e. The number of nitrogens with zero attached hydrogens (tertiary/aromatic N) is 5. The van der Waals surface area contributed by atoms with Gasteiger partial charge in [-0.15, -0.1) is 22.7 Å². The Kier molecular flexibility index (Phi) is 9.40. The third-order valence-electron chi connectivity index (χ3n) is 8.37. The van der Waals surface area contributed by atoms with Gasteiger partial charge < -0.3 is 24.2 Å². The Labute approximate surface area is 274 Å². The molecule has 17 heteroatoms. The number of alkyl carbamates (subject to hydrolysis) is 1. The third-order valence-corrected chi connectivity index (χ3v) is 12.9. The van der Waals surface area contributed by atoms with Gasteiger partial charge in [0, 0.05) is 73.8 Å². The number of methoxy groups -OCH3 is 1. The number of carbonyl (C=O) groups is 3. The molecule has 2 aromatic heterocycles. The maximum absolute atomic E-state index is 14.0. The fraction of sp³-hybridized carbons (Fsp3) is 0.483. The number of likely N-dealkylation sites (N-methyl/N-ethyl adjacent to an activating group) is 1. The van der Waals surface area contributed by atoms with E-state index in [1.165, 1.54) is 22.8 Å². The Morgan fingerprint density at radius 3 is 2.65 bits per heavy atom. The standard InChI is InChI=1S/C29H35N7O7S3/c1-33-6-5-21-23(17-33)45-27(31-21)28(38)36-8-7-35(16-20(36)15-24(37)34-9-11-43-12-10-34)46(40,41)25-14-19-13-18(3-4-22(19)44-25)26(30)32-29(39)42-2/h3-4,13-14,20H,5-12,15-17H2,1-2H3,(H2,30,32,39). The van der Waals surface area contributed by atoms with Gasteiger partial charge in [0.15, 0.2) is 5.01 Å². The van der Waals surface area contributed by atoms with E-state index in [2.05, 4.69) is 19.9 Å². The zero-order valence-electron chi connectivity index (χ0n) is 25.5. The van der Waals surface area contributed by atoms with Gasteiger partial charge in [0.1, 0.15) is 10.0 Å². The van der Waals surface area contributed by atoms with Gasteiger partial charge in [-0.25, -0.2) is 18.2 Å². The van der Waals surface area contributed by atoms with Crippen LogP contribution in [0, 0.1) is 5.41 Å². The zero-order chi connectivity index (χ0) is 32.6. The minimum atomic E-state index is -3.99. The molecule has 0 aliphatic carbocycles. The van der Waals surface area contributed by atoms with Crippen molar-refractivity contribution < 1.29 is 32.3 Å². The quantitative estimate of drug-likeness (QED) is 0.290. The Balaban J connectivity index is 1.24. The number of fused-ring (bicyclic) bond motifs is 2. The number of amides is 3. The van der Waals surface area contributed by atoms with E-state index in [1.807, 2.05) is 7.05 Å². The van der Waals surface area contributed by atoms with Crippen molar-refractivity contribution in [2.24, 2.45) is 0 Å². The summed E-state index contributed by atoms with van der Waals surface area (Å²) in [6.45, 7) is 3.51. The van der Waals surface area contributed by atoms with E-state index in [1.54, 1.807) is 34.1 Å². The molecule has 2 fully saturated rings. The van der Waals surface area contributed by atoms with Crippen LogP contribution in [0.15, 0.2) is 28.5 Å². The molecule has 3 aliphatic heterocycles. The lowest BCUT2D eigenvalue weighted by Gasteiger charge is -2.41. The molecule has 6 rings (SSSR count). The van der Waals surface area contributed by atoms with Crippen molar-refractivity contribution in [1.82, 2.24) is 29.3 Å². The molecule has 0 spiro atoms. The van der Waals surface area contributed by atoms with Crippen LogP contribution in [-0.4, -0.2) is 129 Å². The lowest BCUT2D eigenvalue weighted by molar-refractivity contribution is -0.136. The summed E-state index contributed by atoms with van der Waals surface area (Å²) in [5.74, 6) is -0.606. The molecule has 0 radical (unpaired) electrons. The zero-order valence-corrected chi connectivity index (χ0v) is 27.9. The number of piperazine rings is 1. The van der Waals surface area contributed by atoms with E-state index in [-0.39, 0.29) is 47.9 Å². The molecular weight excluding hydrogens is 655 g/mol. The predicted octanol–water partition coefficient (Wildman–Crippen LogP) is 1.79. The summed E-state index contributed by atoms with van der Waals surface area (Å²) < 4.78 is 40.1. The van der Waals surface area contributed by atoms with E-state index >= 15 is 0 Å². The molecule has 2 N–H and O–H groups in total. The second-order valence-corrected chi connectivity index (χ2v) is 15.7. The van der Waals surface area contributed by atoms with Crippen LogP contribution in [0.3, 0.4) is 0 Å². The lowest BCUT2D eigenvalue weighted by Crippen LogP contribution is -2.58. The number of thiazole rings is 1. The van der Waals surface area contributed by atoms with Crippen molar-refractivity contribution in [1.29, 1.82) is 5.41 Å². The average Bonchev–Trinajstić information content (AvgIpc) is 3.69. The molecule has 0 bridgehead atoms. The van der Waals surface area contributed by atoms with Crippen LogP contribution < -0.4 is 5.32 Å². The Morgan fingerprint density at radius 1 is 1.11 bits per heavy atom. The Bertz CT molecular complexity index is 1780. The van der Waals surface area contributed by atoms with Gasteiger partial charge >= 0.3 is 6.09 Å². The molecule has 0 saturated carbocycles. The first kappa shape index (κ1) is 32.5. The summed E-state index contributed by atoms with van der Waals surface area (Å²) in [5, 5.41) is 11.4. The van der Waals surface area contributed by atoms with Crippen LogP contribution in [0.4, 0.5) is 4.79 Å². The van der Waals surface area contributed by atoms with Gasteiger partial charge in [-0.2, -0.15) is 4.31 Å². The number of ether oxygens (including phenoxy) is 2. The molecule has 1 aromatic carbocycles. The number of sulfonamides is 1. The number of aromatic nitrogens is 1. The SMILES string of the molecule is COC(=O)NC(=N)c1ccc2sc(S(=O)(=O)N3CCN(C(=O)c4nc5c(s4)CN(C)CC5)C(CC(=O)N4CCOCC4)C3)cc2c1. The van der Waals surface area contributed by atoms with Gasteiger partial charge in [0.05, 0.1) is 32.1 Å². The van der Waals surface area contributed by atoms with E-state index < -0.39 is 22.2 Å². The molecule has 14 nitrogen and oxygen atoms in total. The number of morpholine rings is 1. The predicted molar refractivity (Wildman–Crippen MR) is 172 cm³/mol. The largest absolute Gasteiger partial charge is 0.453 e. The van der Waals surface area contributed by atoms with Gasteiger partial charge in [-0.05, 0) is 36.7 Å². The molecule has 46 heavy (non-hydrogen) atoms. The molecule has 3 aromatic rings. The maximum atomic E-state index is 14.0. The summed E-state index contributed by atoms with van der Waals surface area (Å²) in [6, 6.07) is 5.83. The van der Waals surface area contributed by atoms with Crippen molar-refractivity contribution in [3.8, 4) is 0 Å². The van der Waals surface area contributed by atoms with Crippen LogP contribution in [0.1, 0.15) is 32.4 Å². The average molecular weight is 690 g/mol. The first-order valence-electron chi connectivity index (χ1n) is 14.8. The molecular formula is C29H35N7O7S3. The van der Waals surface area contributed by atoms with E-state index in [4.69, 9.17) is 10.1 Å². The summed E-state index contributed by atoms with van der Waals surface area (Å²) >= 11 is 2.47. The molecule has 1 atom stereocenters. The number of thiophene rings is 1. The summed E-state index contributed by atoms with van der Waals surface area (Å²) in [5.41, 5.74) is 1.32. The Hall–Kier alpha value is -3.48. The van der Waals surface area contributed by atoms with Crippen LogP contribution in [0.2, 0.25) is 0 Å². The minimum absolute atomic E-state index is 0.0172. The van der Waals surface area contributed by atoms with Crippen LogP contribution in [0.25, 0.3) is 10.1 Å². The van der Waals surface area contributed by atoms with Gasteiger partial charge in [0.25, 0.3) is 15.9 Å². The highest BCUT2D eigenvalue weighted by molar-refractivity contribution is 7.91. The third kappa shape index (κ3) is 6.65. The smallest absolute Gasteiger partial charge is 0.412 e. The second kappa shape index (κ2) is 13.3. The fourth-order valence-corrected chi connectivity index (χ4v) is 9.97. The van der Waals surface area contributed by atoms with Crippen LogP contribution in [-0.2, 0) is 37.3 Å². The fourth-order valence-electron chi connectivity index (χ4n) is 5.82. The topological polar surface area (TPSA) is 166 Å². The molecule has 246 valence electrons. The van der Waals surface area contributed by atoms with Crippen LogP contribution >= 0.6 is 22.7 Å². The van der Waals surface area contributed by atoms with Crippen molar-refractivity contribution in [3.63, 3.8) is 0 Å². The molecule has 3 amide bonds. The summed E-state index contributed by atoms with van der Waals surface area (Å²) in [7, 11) is -0.761. The molecule has 3 aliphatic rings. The van der Waals surface area contributed by atoms with Crippen molar-refractivity contribution in [3.05, 3.63) is 45.4 Å². The van der Waals surface area contributed by atoms with Crippen LogP contribution in [0.5, 0.6) is 0 Å². The summed E-state index contributed by atoms with van der Waals surface area (Å²) in [6.07, 6.45) is -0.0309. The number of carbonyl (C=O) groups excluding carboxylic acids is 3.